The molecule has 0 radical (unpaired) electrons. The number of aromatic nitrogens is 3. The van der Waals surface area contributed by atoms with Crippen molar-refractivity contribution in [3.63, 3.8) is 0 Å². The van der Waals surface area contributed by atoms with Gasteiger partial charge in [0.05, 0.1) is 5.75 Å². The Bertz CT molecular complexity index is 778. The molecule has 2 heterocycles. The molecule has 1 saturated carbocycles. The lowest BCUT2D eigenvalue weighted by Gasteiger charge is -2.17. The van der Waals surface area contributed by atoms with Gasteiger partial charge in [-0.25, -0.2) is 0 Å². The third-order valence-electron chi connectivity index (χ3n) is 4.34. The second-order valence-electron chi connectivity index (χ2n) is 6.07. The average molecular weight is 341 g/mol. The highest BCUT2D eigenvalue weighted by Crippen LogP contribution is 2.33. The number of nitrogens with zero attached hydrogens (tertiary/aromatic N) is 3. The van der Waals surface area contributed by atoms with Crippen molar-refractivity contribution in [1.82, 2.24) is 15.4 Å². The molecule has 0 saturated heterocycles. The maximum atomic E-state index is 5.81. The Hall–Kier alpha value is -2.08. The summed E-state index contributed by atoms with van der Waals surface area (Å²) in [6.07, 6.45) is 6.16. The highest BCUT2D eigenvalue weighted by molar-refractivity contribution is 7.98. The zero-order chi connectivity index (χ0) is 16.2. The molecule has 1 aliphatic rings. The number of benzene rings is 1. The molecule has 5 nitrogen and oxygen atoms in total. The Kier molecular flexibility index (Phi) is 4.64. The molecule has 3 aromatic rings. The Balaban J connectivity index is 1.37. The first-order valence-electron chi connectivity index (χ1n) is 8.36. The third-order valence-corrected chi connectivity index (χ3v) is 5.18. The van der Waals surface area contributed by atoms with Gasteiger partial charge in [-0.15, -0.1) is 10.2 Å². The van der Waals surface area contributed by atoms with Gasteiger partial charge >= 0.3 is 0 Å². The molecule has 0 bridgehead atoms. The molecule has 1 aliphatic carbocycles. The van der Waals surface area contributed by atoms with Crippen molar-refractivity contribution < 1.29 is 8.94 Å². The highest BCUT2D eigenvalue weighted by Gasteiger charge is 2.21. The topological polar surface area (TPSA) is 65.0 Å². The first-order valence-corrected chi connectivity index (χ1v) is 9.34. The van der Waals surface area contributed by atoms with Crippen molar-refractivity contribution in [3.8, 4) is 11.3 Å². The van der Waals surface area contributed by atoms with Crippen LogP contribution in [0.25, 0.3) is 11.3 Å². The van der Waals surface area contributed by atoms with Crippen molar-refractivity contribution in [2.24, 2.45) is 0 Å². The molecular weight excluding hydrogens is 322 g/mol. The quantitative estimate of drug-likeness (QED) is 0.604. The second kappa shape index (κ2) is 7.21. The molecule has 0 atom stereocenters. The lowest BCUT2D eigenvalue weighted by Crippen LogP contribution is -2.04. The standard InChI is InChI=1S/C18H19N3O2S/c1-3-7-13(8-4-1)16-11-15(23-21-16)12-24-18-20-19-17(22-18)14-9-5-2-6-10-14/h1,3-4,7-8,11,14H,2,5-6,9-10,12H2. The van der Waals surface area contributed by atoms with Gasteiger partial charge in [-0.1, -0.05) is 66.5 Å². The van der Waals surface area contributed by atoms with E-state index in [0.29, 0.717) is 16.9 Å². The Morgan fingerprint density at radius 3 is 2.71 bits per heavy atom. The highest BCUT2D eigenvalue weighted by atomic mass is 32.2. The third kappa shape index (κ3) is 3.53. The number of rotatable bonds is 5. The first-order chi connectivity index (χ1) is 11.9. The van der Waals surface area contributed by atoms with Crippen LogP contribution in [0.15, 0.2) is 50.6 Å². The molecule has 2 aromatic heterocycles. The summed E-state index contributed by atoms with van der Waals surface area (Å²) in [5, 5.41) is 13.1. The van der Waals surface area contributed by atoms with E-state index < -0.39 is 0 Å². The van der Waals surface area contributed by atoms with E-state index in [2.05, 4.69) is 15.4 Å². The minimum Gasteiger partial charge on any atom is -0.416 e. The van der Waals surface area contributed by atoms with Crippen molar-refractivity contribution in [3.05, 3.63) is 48.0 Å². The van der Waals surface area contributed by atoms with Crippen molar-refractivity contribution in [1.29, 1.82) is 0 Å². The van der Waals surface area contributed by atoms with Gasteiger partial charge in [0, 0.05) is 17.5 Å². The summed E-state index contributed by atoms with van der Waals surface area (Å²) in [5.41, 5.74) is 1.90. The van der Waals surface area contributed by atoms with Crippen molar-refractivity contribution >= 4 is 11.8 Å². The summed E-state index contributed by atoms with van der Waals surface area (Å²) in [7, 11) is 0. The van der Waals surface area contributed by atoms with Crippen LogP contribution in [-0.4, -0.2) is 15.4 Å². The van der Waals surface area contributed by atoms with Crippen LogP contribution in [0.4, 0.5) is 0 Å². The van der Waals surface area contributed by atoms with Crippen LogP contribution in [0.2, 0.25) is 0 Å². The van der Waals surface area contributed by atoms with E-state index in [1.807, 2.05) is 36.4 Å². The molecule has 24 heavy (non-hydrogen) atoms. The van der Waals surface area contributed by atoms with Crippen LogP contribution in [0.1, 0.15) is 49.7 Å². The van der Waals surface area contributed by atoms with Gasteiger partial charge in [0.2, 0.25) is 5.89 Å². The minimum atomic E-state index is 0.440. The molecule has 0 N–H and O–H groups in total. The molecule has 0 spiro atoms. The number of thioether (sulfide) groups is 1. The van der Waals surface area contributed by atoms with E-state index in [-0.39, 0.29) is 0 Å². The molecule has 0 amide bonds. The van der Waals surface area contributed by atoms with E-state index in [9.17, 15) is 0 Å². The SMILES string of the molecule is c1ccc(-c2cc(CSc3nnc(C4CCCCC4)o3)on2)cc1. The van der Waals surface area contributed by atoms with Crippen LogP contribution in [0.3, 0.4) is 0 Å². The summed E-state index contributed by atoms with van der Waals surface area (Å²) in [5.74, 6) is 2.66. The summed E-state index contributed by atoms with van der Waals surface area (Å²) in [4.78, 5) is 0. The second-order valence-corrected chi connectivity index (χ2v) is 7.00. The zero-order valence-electron chi connectivity index (χ0n) is 13.4. The lowest BCUT2D eigenvalue weighted by molar-refractivity contribution is 0.334. The van der Waals surface area contributed by atoms with Crippen LogP contribution in [0.5, 0.6) is 0 Å². The summed E-state index contributed by atoms with van der Waals surface area (Å²) in [6.45, 7) is 0. The van der Waals surface area contributed by atoms with E-state index in [1.165, 1.54) is 31.0 Å². The van der Waals surface area contributed by atoms with Gasteiger partial charge in [-0.2, -0.15) is 0 Å². The maximum Gasteiger partial charge on any atom is 0.277 e. The fourth-order valence-corrected chi connectivity index (χ4v) is 3.70. The molecule has 0 aliphatic heterocycles. The summed E-state index contributed by atoms with van der Waals surface area (Å²) >= 11 is 1.49. The molecule has 4 rings (SSSR count). The lowest BCUT2D eigenvalue weighted by atomic mass is 9.89. The van der Waals surface area contributed by atoms with Crippen LogP contribution >= 0.6 is 11.8 Å². The monoisotopic (exact) mass is 341 g/mol. The summed E-state index contributed by atoms with van der Waals surface area (Å²) in [6, 6.07) is 12.0. The maximum absolute atomic E-state index is 5.81. The average Bonchev–Trinajstić information content (AvgIpc) is 3.31. The van der Waals surface area contributed by atoms with E-state index in [4.69, 9.17) is 8.94 Å². The smallest absolute Gasteiger partial charge is 0.277 e. The minimum absolute atomic E-state index is 0.440. The van der Waals surface area contributed by atoms with Gasteiger partial charge in [-0.3, -0.25) is 0 Å². The fraction of sp³-hybridized carbons (Fsp3) is 0.389. The normalized spacial score (nSPS) is 15.7. The van der Waals surface area contributed by atoms with Crippen LogP contribution in [0, 0.1) is 0 Å². The molecule has 1 aromatic carbocycles. The Labute approximate surface area is 144 Å². The molecule has 124 valence electrons. The first kappa shape index (κ1) is 15.4. The van der Waals surface area contributed by atoms with Gasteiger partial charge in [0.25, 0.3) is 5.22 Å². The van der Waals surface area contributed by atoms with Gasteiger partial charge in [0.15, 0.2) is 0 Å². The Morgan fingerprint density at radius 1 is 1.04 bits per heavy atom. The number of hydrogen-bond acceptors (Lipinski definition) is 6. The largest absolute Gasteiger partial charge is 0.416 e. The van der Waals surface area contributed by atoms with E-state index >= 15 is 0 Å². The molecule has 0 unspecified atom stereocenters. The summed E-state index contributed by atoms with van der Waals surface area (Å²) < 4.78 is 11.2. The van der Waals surface area contributed by atoms with Crippen LogP contribution in [-0.2, 0) is 5.75 Å². The predicted molar refractivity (Wildman–Crippen MR) is 91.6 cm³/mol. The van der Waals surface area contributed by atoms with Crippen molar-refractivity contribution in [2.75, 3.05) is 0 Å². The molecular formula is C18H19N3O2S. The van der Waals surface area contributed by atoms with E-state index in [0.717, 1.165) is 35.7 Å². The molecule has 1 fully saturated rings. The van der Waals surface area contributed by atoms with Gasteiger partial charge in [-0.05, 0) is 12.8 Å². The number of hydrogen-bond donors (Lipinski definition) is 0. The molecule has 6 heteroatoms. The van der Waals surface area contributed by atoms with Gasteiger partial charge in [0.1, 0.15) is 11.5 Å². The fourth-order valence-electron chi connectivity index (χ4n) is 3.05. The van der Waals surface area contributed by atoms with E-state index in [1.54, 1.807) is 0 Å². The zero-order valence-corrected chi connectivity index (χ0v) is 14.2. The Morgan fingerprint density at radius 2 is 1.88 bits per heavy atom. The predicted octanol–water partition coefficient (Wildman–Crippen LogP) is 5.06. The van der Waals surface area contributed by atoms with Crippen molar-refractivity contribution in [2.45, 2.75) is 49.0 Å². The van der Waals surface area contributed by atoms with Crippen LogP contribution < -0.4 is 0 Å². The van der Waals surface area contributed by atoms with Gasteiger partial charge < -0.3 is 8.94 Å².